The second-order valence-corrected chi connectivity index (χ2v) is 4.60. The summed E-state index contributed by atoms with van der Waals surface area (Å²) >= 11 is 0. The van der Waals surface area contributed by atoms with Crippen LogP contribution < -0.4 is 5.32 Å². The molecule has 0 atom stereocenters. The summed E-state index contributed by atoms with van der Waals surface area (Å²) in [6.45, 7) is 1.66. The number of aliphatic hydroxyl groups is 1. The minimum Gasteiger partial charge on any atom is -0.396 e. The third-order valence-corrected chi connectivity index (χ3v) is 3.43. The van der Waals surface area contributed by atoms with Crippen LogP contribution in [0.2, 0.25) is 0 Å². The van der Waals surface area contributed by atoms with E-state index in [1.165, 1.54) is 0 Å². The molecule has 1 fully saturated rings. The number of rotatable bonds is 3. The number of carbonyl (C=O) groups is 1. The Morgan fingerprint density at radius 1 is 1.50 bits per heavy atom. The highest BCUT2D eigenvalue weighted by molar-refractivity contribution is 5.94. The summed E-state index contributed by atoms with van der Waals surface area (Å²) in [5.74, 6) is 1.13. The first-order valence-corrected chi connectivity index (χ1v) is 6.28. The average molecular weight is 249 g/mol. The number of aromatic nitrogens is 1. The van der Waals surface area contributed by atoms with Gasteiger partial charge in [0.15, 0.2) is 0 Å². The van der Waals surface area contributed by atoms with Crippen LogP contribution in [0, 0.1) is 5.92 Å². The van der Waals surface area contributed by atoms with Crippen LogP contribution in [0.3, 0.4) is 0 Å². The van der Waals surface area contributed by atoms with Gasteiger partial charge in [-0.05, 0) is 30.9 Å². The van der Waals surface area contributed by atoms with E-state index >= 15 is 0 Å². The maximum absolute atomic E-state index is 12.2. The second-order valence-electron chi connectivity index (χ2n) is 4.60. The predicted molar refractivity (Wildman–Crippen MR) is 69.5 cm³/mol. The van der Waals surface area contributed by atoms with Crippen LogP contribution in [0.5, 0.6) is 0 Å². The molecule has 0 spiro atoms. The molecule has 0 aromatic carbocycles. The summed E-state index contributed by atoms with van der Waals surface area (Å²) in [5.41, 5.74) is 0.622. The molecule has 1 aliphatic rings. The van der Waals surface area contributed by atoms with E-state index < -0.39 is 0 Å². The van der Waals surface area contributed by atoms with Crippen molar-refractivity contribution >= 4 is 11.7 Å². The highest BCUT2D eigenvalue weighted by Gasteiger charge is 2.23. The van der Waals surface area contributed by atoms with Crippen molar-refractivity contribution in [2.45, 2.75) is 12.8 Å². The first-order valence-electron chi connectivity index (χ1n) is 6.28. The van der Waals surface area contributed by atoms with Crippen LogP contribution in [0.4, 0.5) is 5.82 Å². The van der Waals surface area contributed by atoms with E-state index in [1.807, 2.05) is 4.90 Å². The smallest absolute Gasteiger partial charge is 0.255 e. The summed E-state index contributed by atoms with van der Waals surface area (Å²) in [4.78, 5) is 18.2. The lowest BCUT2D eigenvalue weighted by atomic mass is 9.97. The molecule has 1 aliphatic heterocycles. The third kappa shape index (κ3) is 2.79. The van der Waals surface area contributed by atoms with Gasteiger partial charge in [0.2, 0.25) is 0 Å². The van der Waals surface area contributed by atoms with Gasteiger partial charge in [0.05, 0.1) is 5.56 Å². The maximum atomic E-state index is 12.2. The fourth-order valence-corrected chi connectivity index (χ4v) is 2.17. The molecule has 1 aromatic rings. The quantitative estimate of drug-likeness (QED) is 0.837. The SMILES string of the molecule is CNc1ccc(C(=O)N2CCC(CO)CC2)cn1. The van der Waals surface area contributed by atoms with Crippen molar-refractivity contribution in [2.75, 3.05) is 32.1 Å². The van der Waals surface area contributed by atoms with E-state index in [9.17, 15) is 4.79 Å². The molecule has 0 saturated carbocycles. The Labute approximate surface area is 107 Å². The van der Waals surface area contributed by atoms with Crippen LogP contribution in [0.1, 0.15) is 23.2 Å². The highest BCUT2D eigenvalue weighted by atomic mass is 16.3. The van der Waals surface area contributed by atoms with Crippen molar-refractivity contribution in [3.8, 4) is 0 Å². The zero-order valence-electron chi connectivity index (χ0n) is 10.6. The van der Waals surface area contributed by atoms with Gasteiger partial charge in [0.25, 0.3) is 5.91 Å². The summed E-state index contributed by atoms with van der Waals surface area (Å²) in [6, 6.07) is 3.59. The molecular weight excluding hydrogens is 230 g/mol. The lowest BCUT2D eigenvalue weighted by Crippen LogP contribution is -2.39. The Morgan fingerprint density at radius 3 is 2.72 bits per heavy atom. The van der Waals surface area contributed by atoms with Gasteiger partial charge in [-0.3, -0.25) is 4.79 Å². The first-order chi connectivity index (χ1) is 8.74. The number of piperidine rings is 1. The Bertz CT molecular complexity index is 397. The number of aliphatic hydroxyl groups excluding tert-OH is 1. The number of nitrogens with one attached hydrogen (secondary N) is 1. The van der Waals surface area contributed by atoms with Crippen LogP contribution in [-0.4, -0.2) is 47.6 Å². The summed E-state index contributed by atoms with van der Waals surface area (Å²) in [7, 11) is 1.80. The third-order valence-electron chi connectivity index (χ3n) is 3.43. The number of amides is 1. The van der Waals surface area contributed by atoms with Crippen molar-refractivity contribution in [1.29, 1.82) is 0 Å². The minimum atomic E-state index is 0.0292. The Morgan fingerprint density at radius 2 is 2.22 bits per heavy atom. The number of anilines is 1. The number of nitrogens with zero attached hydrogens (tertiary/aromatic N) is 2. The first kappa shape index (κ1) is 12.8. The summed E-state index contributed by atoms with van der Waals surface area (Å²) in [5, 5.41) is 12.0. The summed E-state index contributed by atoms with van der Waals surface area (Å²) in [6.07, 6.45) is 3.36. The van der Waals surface area contributed by atoms with Crippen LogP contribution in [0.15, 0.2) is 18.3 Å². The van der Waals surface area contributed by atoms with E-state index in [0.29, 0.717) is 11.5 Å². The van der Waals surface area contributed by atoms with Crippen LogP contribution >= 0.6 is 0 Å². The molecule has 0 aliphatic carbocycles. The number of pyridine rings is 1. The zero-order valence-corrected chi connectivity index (χ0v) is 10.6. The van der Waals surface area contributed by atoms with E-state index in [2.05, 4.69) is 10.3 Å². The molecule has 0 bridgehead atoms. The summed E-state index contributed by atoms with van der Waals surface area (Å²) < 4.78 is 0. The fourth-order valence-electron chi connectivity index (χ4n) is 2.17. The fraction of sp³-hybridized carbons (Fsp3) is 0.538. The predicted octanol–water partition coefficient (Wildman–Crippen LogP) is 0.968. The average Bonchev–Trinajstić information content (AvgIpc) is 2.47. The molecule has 0 unspecified atom stereocenters. The standard InChI is InChI=1S/C13H19N3O2/c1-14-12-3-2-11(8-15-12)13(18)16-6-4-10(9-17)5-7-16/h2-3,8,10,17H,4-7,9H2,1H3,(H,14,15). The molecule has 0 radical (unpaired) electrons. The van der Waals surface area contributed by atoms with Crippen LogP contribution in [-0.2, 0) is 0 Å². The molecule has 2 rings (SSSR count). The van der Waals surface area contributed by atoms with E-state index in [4.69, 9.17) is 5.11 Å². The van der Waals surface area contributed by atoms with Crippen molar-refractivity contribution in [3.05, 3.63) is 23.9 Å². The molecule has 5 nitrogen and oxygen atoms in total. The van der Waals surface area contributed by atoms with E-state index in [1.54, 1.807) is 25.4 Å². The van der Waals surface area contributed by atoms with E-state index in [-0.39, 0.29) is 12.5 Å². The molecular formula is C13H19N3O2. The topological polar surface area (TPSA) is 65.5 Å². The largest absolute Gasteiger partial charge is 0.396 e. The van der Waals surface area contributed by atoms with Gasteiger partial charge in [-0.1, -0.05) is 0 Å². The molecule has 2 heterocycles. The Kier molecular flexibility index (Phi) is 4.15. The van der Waals surface area contributed by atoms with Crippen molar-refractivity contribution < 1.29 is 9.90 Å². The molecule has 2 N–H and O–H groups in total. The minimum absolute atomic E-state index is 0.0292. The lowest BCUT2D eigenvalue weighted by Gasteiger charge is -2.31. The lowest BCUT2D eigenvalue weighted by molar-refractivity contribution is 0.0650. The van der Waals surface area contributed by atoms with E-state index in [0.717, 1.165) is 31.7 Å². The highest BCUT2D eigenvalue weighted by Crippen LogP contribution is 2.18. The van der Waals surface area contributed by atoms with Gasteiger partial charge < -0.3 is 15.3 Å². The number of carbonyl (C=O) groups excluding carboxylic acids is 1. The number of likely N-dealkylation sites (tertiary alicyclic amines) is 1. The van der Waals surface area contributed by atoms with Gasteiger partial charge in [0.1, 0.15) is 5.82 Å². The molecule has 18 heavy (non-hydrogen) atoms. The van der Waals surface area contributed by atoms with Gasteiger partial charge in [-0.15, -0.1) is 0 Å². The second kappa shape index (κ2) is 5.82. The number of hydrogen-bond acceptors (Lipinski definition) is 4. The van der Waals surface area contributed by atoms with Gasteiger partial charge in [0, 0.05) is 32.9 Å². The molecule has 1 amide bonds. The van der Waals surface area contributed by atoms with Crippen LogP contribution in [0.25, 0.3) is 0 Å². The van der Waals surface area contributed by atoms with Crippen molar-refractivity contribution in [2.24, 2.45) is 5.92 Å². The Hall–Kier alpha value is -1.62. The monoisotopic (exact) mass is 249 g/mol. The van der Waals surface area contributed by atoms with Crippen molar-refractivity contribution in [3.63, 3.8) is 0 Å². The molecule has 98 valence electrons. The number of hydrogen-bond donors (Lipinski definition) is 2. The van der Waals surface area contributed by atoms with Gasteiger partial charge >= 0.3 is 0 Å². The maximum Gasteiger partial charge on any atom is 0.255 e. The van der Waals surface area contributed by atoms with Gasteiger partial charge in [-0.2, -0.15) is 0 Å². The molecule has 1 saturated heterocycles. The normalized spacial score (nSPS) is 16.7. The molecule has 1 aromatic heterocycles. The van der Waals surface area contributed by atoms with Gasteiger partial charge in [-0.25, -0.2) is 4.98 Å². The van der Waals surface area contributed by atoms with Crippen molar-refractivity contribution in [1.82, 2.24) is 9.88 Å². The zero-order chi connectivity index (χ0) is 13.0. The Balaban J connectivity index is 1.98. The molecule has 5 heteroatoms.